The number of nitrogens with one attached hydrogen (secondary N) is 1. The lowest BCUT2D eigenvalue weighted by Gasteiger charge is -2.04. The quantitative estimate of drug-likeness (QED) is 0.644. The molecule has 21 heavy (non-hydrogen) atoms. The number of halogens is 1. The summed E-state index contributed by atoms with van der Waals surface area (Å²) in [5.41, 5.74) is 1.23. The lowest BCUT2D eigenvalue weighted by atomic mass is 10.2. The summed E-state index contributed by atoms with van der Waals surface area (Å²) in [5, 5.41) is 3.28. The Morgan fingerprint density at radius 2 is 2.19 bits per heavy atom. The van der Waals surface area contributed by atoms with Crippen LogP contribution in [0.3, 0.4) is 0 Å². The van der Waals surface area contributed by atoms with Crippen LogP contribution in [0.2, 0.25) is 0 Å². The Bertz CT molecular complexity index is 671. The molecule has 5 nitrogen and oxygen atoms in total. The average molecular weight is 371 g/mol. The summed E-state index contributed by atoms with van der Waals surface area (Å²) in [7, 11) is 0. The number of fused-ring (bicyclic) bond motifs is 1. The van der Waals surface area contributed by atoms with Crippen molar-refractivity contribution in [3.63, 3.8) is 0 Å². The van der Waals surface area contributed by atoms with E-state index in [9.17, 15) is 9.59 Å². The first-order valence-electron chi connectivity index (χ1n) is 6.57. The molecule has 1 aromatic carbocycles. The molecule has 0 radical (unpaired) electrons. The molecule has 0 spiro atoms. The van der Waals surface area contributed by atoms with E-state index in [-0.39, 0.29) is 16.7 Å². The number of nitrogens with zero attached hydrogens (tertiary/aromatic N) is 1. The first-order valence-corrected chi connectivity index (χ1v) is 8.31. The second kappa shape index (κ2) is 7.00. The minimum atomic E-state index is -0.357. The third-order valence-corrected chi connectivity index (χ3v) is 4.77. The average Bonchev–Trinajstić information content (AvgIpc) is 2.87. The van der Waals surface area contributed by atoms with Crippen LogP contribution in [0.15, 0.2) is 18.2 Å². The van der Waals surface area contributed by atoms with Crippen LogP contribution >= 0.6 is 27.3 Å². The molecule has 0 aliphatic heterocycles. The Morgan fingerprint density at radius 1 is 1.43 bits per heavy atom. The summed E-state index contributed by atoms with van der Waals surface area (Å²) in [5.74, 6) is -0.480. The summed E-state index contributed by atoms with van der Waals surface area (Å²) in [6.07, 6.45) is 0.698. The number of anilines is 1. The summed E-state index contributed by atoms with van der Waals surface area (Å²) in [6, 6.07) is 5.15. The predicted octanol–water partition coefficient (Wildman–Crippen LogP) is 3.59. The zero-order valence-electron chi connectivity index (χ0n) is 11.7. The number of rotatable bonds is 5. The zero-order valence-corrected chi connectivity index (χ0v) is 14.1. The topological polar surface area (TPSA) is 68.3 Å². The third kappa shape index (κ3) is 3.79. The van der Waals surface area contributed by atoms with Crippen LogP contribution in [0.4, 0.5) is 5.13 Å². The molecular weight excluding hydrogens is 356 g/mol. The molecule has 1 atom stereocenters. The summed E-state index contributed by atoms with van der Waals surface area (Å²) in [6.45, 7) is 4.02. The normalized spacial score (nSPS) is 12.1. The van der Waals surface area contributed by atoms with Gasteiger partial charge in [0, 0.05) is 0 Å². The number of aromatic nitrogens is 1. The van der Waals surface area contributed by atoms with E-state index < -0.39 is 0 Å². The van der Waals surface area contributed by atoms with Gasteiger partial charge < -0.3 is 10.1 Å². The van der Waals surface area contributed by atoms with Crippen LogP contribution in [0, 0.1) is 0 Å². The Kier molecular flexibility index (Phi) is 5.30. The number of carbonyl (C=O) groups excluding carboxylic acids is 2. The highest BCUT2D eigenvalue weighted by atomic mass is 79.9. The minimum Gasteiger partial charge on any atom is -0.462 e. The number of ether oxygens (including phenoxy) is 1. The second-order valence-electron chi connectivity index (χ2n) is 4.29. The second-order valence-corrected chi connectivity index (χ2v) is 6.42. The molecule has 2 rings (SSSR count). The molecule has 0 aliphatic rings. The van der Waals surface area contributed by atoms with Gasteiger partial charge in [-0.25, -0.2) is 9.78 Å². The fraction of sp³-hybridized carbons (Fsp3) is 0.357. The van der Waals surface area contributed by atoms with Crippen molar-refractivity contribution in [2.75, 3.05) is 11.9 Å². The Morgan fingerprint density at radius 3 is 2.86 bits per heavy atom. The van der Waals surface area contributed by atoms with Gasteiger partial charge in [0.15, 0.2) is 5.13 Å². The summed E-state index contributed by atoms with van der Waals surface area (Å²) in [4.78, 5) is 27.6. The Balaban J connectivity index is 2.22. The van der Waals surface area contributed by atoms with Crippen LogP contribution in [0.5, 0.6) is 0 Å². The van der Waals surface area contributed by atoms with Crippen molar-refractivity contribution in [3.05, 3.63) is 23.8 Å². The number of hydrogen-bond donors (Lipinski definition) is 1. The highest BCUT2D eigenvalue weighted by molar-refractivity contribution is 9.10. The molecule has 0 unspecified atom stereocenters. The van der Waals surface area contributed by atoms with Crippen molar-refractivity contribution in [1.29, 1.82) is 0 Å². The van der Waals surface area contributed by atoms with Gasteiger partial charge in [0.05, 0.1) is 27.2 Å². The number of benzene rings is 1. The largest absolute Gasteiger partial charge is 0.462 e. The van der Waals surface area contributed by atoms with Crippen molar-refractivity contribution in [2.45, 2.75) is 25.1 Å². The number of carbonyl (C=O) groups is 2. The lowest BCUT2D eigenvalue weighted by Crippen LogP contribution is -2.21. The third-order valence-electron chi connectivity index (χ3n) is 2.77. The van der Waals surface area contributed by atoms with Crippen molar-refractivity contribution in [2.24, 2.45) is 0 Å². The molecule has 1 heterocycles. The molecule has 1 N–H and O–H groups in total. The summed E-state index contributed by atoms with van der Waals surface area (Å²) < 4.78 is 5.80. The number of alkyl halides is 1. The van der Waals surface area contributed by atoms with E-state index in [4.69, 9.17) is 4.74 Å². The Labute approximate surface area is 134 Å². The van der Waals surface area contributed by atoms with Crippen molar-refractivity contribution in [3.8, 4) is 0 Å². The van der Waals surface area contributed by atoms with Gasteiger partial charge >= 0.3 is 5.97 Å². The van der Waals surface area contributed by atoms with Crippen molar-refractivity contribution >= 4 is 54.5 Å². The number of esters is 1. The lowest BCUT2D eigenvalue weighted by molar-refractivity contribution is -0.115. The monoisotopic (exact) mass is 370 g/mol. The highest BCUT2D eigenvalue weighted by Crippen LogP contribution is 2.27. The van der Waals surface area contributed by atoms with E-state index in [0.717, 1.165) is 10.2 Å². The zero-order chi connectivity index (χ0) is 15.4. The standard InChI is InChI=1S/C14H15BrN2O3S/c1-3-9(15)12(18)17-14-16-10-6-5-8(7-11(10)21-14)13(19)20-4-2/h5-7,9H,3-4H2,1-2H3,(H,16,17,18)/t9-/m1/s1. The van der Waals surface area contributed by atoms with Crippen molar-refractivity contribution < 1.29 is 14.3 Å². The van der Waals surface area contributed by atoms with Gasteiger partial charge in [-0.1, -0.05) is 34.2 Å². The molecule has 0 saturated heterocycles. The molecular formula is C14H15BrN2O3S. The number of thiazole rings is 1. The van der Waals surface area contributed by atoms with Crippen LogP contribution in [0.1, 0.15) is 30.6 Å². The van der Waals surface area contributed by atoms with Crippen LogP contribution in [-0.2, 0) is 9.53 Å². The molecule has 1 aromatic heterocycles. The van der Waals surface area contributed by atoms with Gasteiger partial charge in [-0.2, -0.15) is 0 Å². The molecule has 2 aromatic rings. The smallest absolute Gasteiger partial charge is 0.338 e. The molecule has 112 valence electrons. The maximum atomic E-state index is 11.8. The maximum absolute atomic E-state index is 11.8. The predicted molar refractivity (Wildman–Crippen MR) is 87.2 cm³/mol. The van der Waals surface area contributed by atoms with E-state index in [0.29, 0.717) is 23.7 Å². The number of amides is 1. The van der Waals surface area contributed by atoms with Crippen molar-refractivity contribution in [1.82, 2.24) is 4.98 Å². The van der Waals surface area contributed by atoms with E-state index >= 15 is 0 Å². The van der Waals surface area contributed by atoms with E-state index in [1.54, 1.807) is 25.1 Å². The Hall–Kier alpha value is -1.47. The molecule has 0 fully saturated rings. The van der Waals surface area contributed by atoms with E-state index in [2.05, 4.69) is 26.2 Å². The molecule has 0 aliphatic carbocycles. The van der Waals surface area contributed by atoms with Gasteiger partial charge in [0.2, 0.25) is 5.91 Å². The van der Waals surface area contributed by atoms with E-state index in [1.165, 1.54) is 11.3 Å². The van der Waals surface area contributed by atoms with Crippen LogP contribution < -0.4 is 5.32 Å². The number of hydrogen-bond acceptors (Lipinski definition) is 5. The van der Waals surface area contributed by atoms with Crippen LogP contribution in [0.25, 0.3) is 10.2 Å². The summed E-state index contributed by atoms with van der Waals surface area (Å²) >= 11 is 4.63. The maximum Gasteiger partial charge on any atom is 0.338 e. The fourth-order valence-electron chi connectivity index (χ4n) is 1.69. The molecule has 0 saturated carbocycles. The van der Waals surface area contributed by atoms with Gasteiger partial charge in [-0.3, -0.25) is 4.79 Å². The molecule has 1 amide bonds. The first-order chi connectivity index (χ1) is 10.0. The SMILES string of the molecule is CCOC(=O)c1ccc2nc(NC(=O)[C@H](Br)CC)sc2c1. The highest BCUT2D eigenvalue weighted by Gasteiger charge is 2.15. The molecule has 7 heteroatoms. The first kappa shape index (κ1) is 15.9. The van der Waals surface area contributed by atoms with E-state index in [1.807, 2.05) is 6.92 Å². The fourth-order valence-corrected chi connectivity index (χ4v) is 2.71. The minimum absolute atomic E-state index is 0.123. The van der Waals surface area contributed by atoms with Gasteiger partial charge in [0.25, 0.3) is 0 Å². The van der Waals surface area contributed by atoms with Gasteiger partial charge in [-0.15, -0.1) is 0 Å². The van der Waals surface area contributed by atoms with Gasteiger partial charge in [-0.05, 0) is 31.5 Å². The van der Waals surface area contributed by atoms with Gasteiger partial charge in [0.1, 0.15) is 0 Å². The van der Waals surface area contributed by atoms with Crippen LogP contribution in [-0.4, -0.2) is 28.3 Å². The molecule has 0 bridgehead atoms.